The number of thioether (sulfide) groups is 1. The lowest BCUT2D eigenvalue weighted by atomic mass is 10.0. The van der Waals surface area contributed by atoms with Crippen molar-refractivity contribution in [2.75, 3.05) is 51.8 Å². The molecule has 1 heterocycles. The molecule has 1 saturated heterocycles. The molecule has 0 aromatic heterocycles. The van der Waals surface area contributed by atoms with Gasteiger partial charge in [0.15, 0.2) is 0 Å². The fourth-order valence-corrected chi connectivity index (χ4v) is 3.14. The van der Waals surface area contributed by atoms with Crippen LogP contribution in [0.5, 0.6) is 0 Å². The zero-order valence-electron chi connectivity index (χ0n) is 14.4. The molecule has 1 aliphatic rings. The minimum Gasteiger partial charge on any atom is -0.353 e. The fourth-order valence-electron chi connectivity index (χ4n) is 2.65. The molecule has 0 aromatic carbocycles. The van der Waals surface area contributed by atoms with E-state index in [1.807, 2.05) is 6.26 Å². The molecule has 1 aliphatic heterocycles. The first-order valence-electron chi connectivity index (χ1n) is 7.90. The lowest BCUT2D eigenvalue weighted by molar-refractivity contribution is -0.122. The van der Waals surface area contributed by atoms with Crippen LogP contribution in [-0.2, 0) is 4.79 Å². The molecule has 0 saturated carbocycles. The van der Waals surface area contributed by atoms with E-state index in [1.54, 1.807) is 11.8 Å². The number of hydrogen-bond acceptors (Lipinski definition) is 5. The predicted molar refractivity (Wildman–Crippen MR) is 98.9 cm³/mol. The van der Waals surface area contributed by atoms with Gasteiger partial charge in [0.25, 0.3) is 0 Å². The molecule has 0 bridgehead atoms. The SMILES string of the molecule is CSCC[C@H](N)C(=O)NCC(C(C)C)N1CCN(C)CC1.Cl. The number of nitrogens with one attached hydrogen (secondary N) is 1. The molecule has 0 radical (unpaired) electrons. The maximum atomic E-state index is 12.0. The van der Waals surface area contributed by atoms with Gasteiger partial charge in [-0.1, -0.05) is 13.8 Å². The van der Waals surface area contributed by atoms with Crippen molar-refractivity contribution < 1.29 is 4.79 Å². The van der Waals surface area contributed by atoms with E-state index in [9.17, 15) is 4.79 Å². The van der Waals surface area contributed by atoms with E-state index in [0.29, 0.717) is 18.5 Å². The van der Waals surface area contributed by atoms with Crippen molar-refractivity contribution in [2.45, 2.75) is 32.4 Å². The standard InChI is InChI=1S/C15H32N4OS.ClH/c1-12(2)14(19-8-6-18(3)7-9-19)11-17-15(20)13(16)5-10-21-4;/h12-14H,5-11,16H2,1-4H3,(H,17,20);1H/t13-,14?;/m0./s1. The number of hydrogen-bond donors (Lipinski definition) is 2. The summed E-state index contributed by atoms with van der Waals surface area (Å²) in [5.41, 5.74) is 5.92. The maximum absolute atomic E-state index is 12.0. The molecule has 1 amide bonds. The molecule has 0 spiro atoms. The summed E-state index contributed by atoms with van der Waals surface area (Å²) in [5.74, 6) is 1.45. The Morgan fingerprint density at radius 1 is 1.27 bits per heavy atom. The second kappa shape index (κ2) is 11.5. The van der Waals surface area contributed by atoms with Gasteiger partial charge in [0.1, 0.15) is 0 Å². The summed E-state index contributed by atoms with van der Waals surface area (Å²) in [4.78, 5) is 16.9. The average molecular weight is 353 g/mol. The molecule has 22 heavy (non-hydrogen) atoms. The van der Waals surface area contributed by atoms with Crippen LogP contribution in [0.15, 0.2) is 0 Å². The van der Waals surface area contributed by atoms with E-state index in [2.05, 4.69) is 36.0 Å². The van der Waals surface area contributed by atoms with Crippen molar-refractivity contribution in [1.82, 2.24) is 15.1 Å². The van der Waals surface area contributed by atoms with Crippen molar-refractivity contribution >= 4 is 30.1 Å². The first kappa shape index (κ1) is 22.0. The number of carbonyl (C=O) groups excluding carboxylic acids is 1. The highest BCUT2D eigenvalue weighted by Crippen LogP contribution is 2.13. The Labute approximate surface area is 146 Å². The Morgan fingerprint density at radius 2 is 1.86 bits per heavy atom. The number of piperazine rings is 1. The van der Waals surface area contributed by atoms with Crippen molar-refractivity contribution in [3.8, 4) is 0 Å². The summed E-state index contributed by atoms with van der Waals surface area (Å²) in [5, 5.41) is 3.05. The van der Waals surface area contributed by atoms with Crippen LogP contribution in [0.1, 0.15) is 20.3 Å². The predicted octanol–water partition coefficient (Wildman–Crippen LogP) is 0.877. The molecule has 1 fully saturated rings. The quantitative estimate of drug-likeness (QED) is 0.679. The van der Waals surface area contributed by atoms with Gasteiger partial charge in [-0.3, -0.25) is 9.69 Å². The molecule has 1 rings (SSSR count). The van der Waals surface area contributed by atoms with Crippen LogP contribution in [0.4, 0.5) is 0 Å². The monoisotopic (exact) mass is 352 g/mol. The molecule has 132 valence electrons. The van der Waals surface area contributed by atoms with Gasteiger partial charge in [-0.15, -0.1) is 12.4 Å². The summed E-state index contributed by atoms with van der Waals surface area (Å²) < 4.78 is 0. The molecular formula is C15H33ClN4OS. The minimum absolute atomic E-state index is 0. The lowest BCUT2D eigenvalue weighted by Gasteiger charge is -2.40. The van der Waals surface area contributed by atoms with E-state index in [4.69, 9.17) is 5.73 Å². The van der Waals surface area contributed by atoms with E-state index in [-0.39, 0.29) is 24.4 Å². The highest BCUT2D eigenvalue weighted by Gasteiger charge is 2.25. The summed E-state index contributed by atoms with van der Waals surface area (Å²) in [6.07, 6.45) is 2.78. The molecule has 5 nitrogen and oxygen atoms in total. The maximum Gasteiger partial charge on any atom is 0.237 e. The number of halogens is 1. The number of rotatable bonds is 8. The number of nitrogens with two attached hydrogens (primary N) is 1. The van der Waals surface area contributed by atoms with Crippen LogP contribution in [0.2, 0.25) is 0 Å². The molecule has 0 aromatic rings. The van der Waals surface area contributed by atoms with Gasteiger partial charge in [-0.05, 0) is 31.4 Å². The smallest absolute Gasteiger partial charge is 0.237 e. The molecule has 3 N–H and O–H groups in total. The zero-order valence-corrected chi connectivity index (χ0v) is 16.0. The molecule has 7 heteroatoms. The van der Waals surface area contributed by atoms with Crippen molar-refractivity contribution in [2.24, 2.45) is 11.7 Å². The summed E-state index contributed by atoms with van der Waals surface area (Å²) >= 11 is 1.73. The van der Waals surface area contributed by atoms with Crippen LogP contribution in [-0.4, -0.2) is 79.6 Å². The molecule has 2 atom stereocenters. The Kier molecular flexibility index (Phi) is 11.5. The third kappa shape index (κ3) is 7.51. The van der Waals surface area contributed by atoms with E-state index < -0.39 is 0 Å². The number of amides is 1. The average Bonchev–Trinajstić information content (AvgIpc) is 2.46. The fraction of sp³-hybridized carbons (Fsp3) is 0.933. The van der Waals surface area contributed by atoms with Crippen LogP contribution in [0.3, 0.4) is 0 Å². The minimum atomic E-state index is -0.377. The van der Waals surface area contributed by atoms with Gasteiger partial charge in [-0.25, -0.2) is 0 Å². The van der Waals surface area contributed by atoms with Gasteiger partial charge in [0.05, 0.1) is 6.04 Å². The van der Waals surface area contributed by atoms with Gasteiger partial charge in [-0.2, -0.15) is 11.8 Å². The van der Waals surface area contributed by atoms with Crippen LogP contribution >= 0.6 is 24.2 Å². The van der Waals surface area contributed by atoms with E-state index in [0.717, 1.165) is 38.4 Å². The Bertz CT molecular complexity index is 312. The first-order valence-corrected chi connectivity index (χ1v) is 9.30. The van der Waals surface area contributed by atoms with E-state index >= 15 is 0 Å². The van der Waals surface area contributed by atoms with E-state index in [1.165, 1.54) is 0 Å². The third-order valence-corrected chi connectivity index (χ3v) is 4.88. The highest BCUT2D eigenvalue weighted by molar-refractivity contribution is 7.98. The Morgan fingerprint density at radius 3 is 2.36 bits per heavy atom. The van der Waals surface area contributed by atoms with Gasteiger partial charge in [0.2, 0.25) is 5.91 Å². The third-order valence-electron chi connectivity index (χ3n) is 4.23. The normalized spacial score (nSPS) is 19.5. The van der Waals surface area contributed by atoms with Gasteiger partial charge >= 0.3 is 0 Å². The van der Waals surface area contributed by atoms with Crippen molar-refractivity contribution in [1.29, 1.82) is 0 Å². The summed E-state index contributed by atoms with van der Waals surface area (Å²) in [7, 11) is 2.16. The van der Waals surface area contributed by atoms with Crippen molar-refractivity contribution in [3.05, 3.63) is 0 Å². The first-order chi connectivity index (χ1) is 9.95. The highest BCUT2D eigenvalue weighted by atomic mass is 35.5. The number of likely N-dealkylation sites (N-methyl/N-ethyl adjacent to an activating group) is 1. The number of nitrogens with zero attached hydrogens (tertiary/aromatic N) is 2. The Hall–Kier alpha value is -0.0100. The number of carbonyl (C=O) groups is 1. The summed E-state index contributed by atoms with van der Waals surface area (Å²) in [6.45, 7) is 9.51. The molecular weight excluding hydrogens is 320 g/mol. The lowest BCUT2D eigenvalue weighted by Crippen LogP contribution is -2.55. The second-order valence-corrected chi connectivity index (χ2v) is 7.27. The van der Waals surface area contributed by atoms with Gasteiger partial charge < -0.3 is 16.0 Å². The molecule has 0 aliphatic carbocycles. The Balaban J connectivity index is 0.00000441. The van der Waals surface area contributed by atoms with Crippen LogP contribution < -0.4 is 11.1 Å². The topological polar surface area (TPSA) is 61.6 Å². The second-order valence-electron chi connectivity index (χ2n) is 6.28. The van der Waals surface area contributed by atoms with Crippen molar-refractivity contribution in [3.63, 3.8) is 0 Å². The van der Waals surface area contributed by atoms with Crippen LogP contribution in [0, 0.1) is 5.92 Å². The zero-order chi connectivity index (χ0) is 15.8. The molecule has 1 unspecified atom stereocenters. The van der Waals surface area contributed by atoms with Gasteiger partial charge in [0, 0.05) is 38.8 Å². The largest absolute Gasteiger partial charge is 0.353 e. The van der Waals surface area contributed by atoms with Crippen LogP contribution in [0.25, 0.3) is 0 Å². The summed E-state index contributed by atoms with van der Waals surface area (Å²) in [6, 6.07) is 0.0214.